The molecule has 0 saturated heterocycles. The summed E-state index contributed by atoms with van der Waals surface area (Å²) in [4.78, 5) is 0. The van der Waals surface area contributed by atoms with E-state index in [1.807, 2.05) is 24.3 Å². The number of nitriles is 1. The van der Waals surface area contributed by atoms with Crippen LogP contribution in [0.1, 0.15) is 18.4 Å². The molecule has 2 N–H and O–H groups in total. The lowest BCUT2D eigenvalue weighted by Crippen LogP contribution is -2.46. The van der Waals surface area contributed by atoms with Crippen LogP contribution in [0, 0.1) is 17.2 Å². The van der Waals surface area contributed by atoms with Gasteiger partial charge in [-0.15, -0.1) is 0 Å². The molecule has 0 aliphatic heterocycles. The van der Waals surface area contributed by atoms with Crippen LogP contribution in [0.4, 0.5) is 0 Å². The molecule has 1 aromatic rings. The first-order chi connectivity index (χ1) is 9.18. The Bertz CT molecular complexity index is 448. The Kier molecular flexibility index (Phi) is 4.41. The molecule has 1 unspecified atom stereocenters. The third-order valence-electron chi connectivity index (χ3n) is 3.51. The fraction of sp³-hybridized carbons (Fsp3) is 0.533. The van der Waals surface area contributed by atoms with Gasteiger partial charge in [0, 0.05) is 7.11 Å². The maximum absolute atomic E-state index is 9.15. The van der Waals surface area contributed by atoms with E-state index < -0.39 is 5.54 Å². The fourth-order valence-electron chi connectivity index (χ4n) is 2.01. The highest BCUT2D eigenvalue weighted by Crippen LogP contribution is 2.38. The number of ether oxygens (including phenoxy) is 2. The van der Waals surface area contributed by atoms with Crippen molar-refractivity contribution in [2.75, 3.05) is 20.3 Å². The van der Waals surface area contributed by atoms with Gasteiger partial charge >= 0.3 is 0 Å². The minimum atomic E-state index is -0.839. The van der Waals surface area contributed by atoms with Crippen LogP contribution in [0.5, 0.6) is 5.75 Å². The predicted octanol–water partition coefficient (Wildman–Crippen LogP) is 1.89. The van der Waals surface area contributed by atoms with Crippen LogP contribution in [-0.4, -0.2) is 25.9 Å². The van der Waals surface area contributed by atoms with E-state index in [-0.39, 0.29) is 6.61 Å². The van der Waals surface area contributed by atoms with E-state index in [9.17, 15) is 0 Å². The lowest BCUT2D eigenvalue weighted by atomic mass is 9.98. The molecule has 2 rings (SSSR count). The number of hydrogen-bond acceptors (Lipinski definition) is 4. The summed E-state index contributed by atoms with van der Waals surface area (Å²) in [6.45, 7) is 0.966. The average molecular weight is 260 g/mol. The number of nitrogens with two attached hydrogens (primary N) is 1. The van der Waals surface area contributed by atoms with Gasteiger partial charge in [0.05, 0.1) is 12.7 Å². The Morgan fingerprint density at radius 2 is 2.05 bits per heavy atom. The highest BCUT2D eigenvalue weighted by molar-refractivity contribution is 5.28. The zero-order valence-corrected chi connectivity index (χ0v) is 11.3. The molecule has 0 radical (unpaired) electrons. The Balaban J connectivity index is 1.87. The minimum Gasteiger partial charge on any atom is -0.491 e. The second-order valence-electron chi connectivity index (χ2n) is 5.10. The highest BCUT2D eigenvalue weighted by Gasteiger charge is 2.43. The highest BCUT2D eigenvalue weighted by atomic mass is 16.5. The van der Waals surface area contributed by atoms with Gasteiger partial charge in [-0.3, -0.25) is 0 Å². The van der Waals surface area contributed by atoms with Crippen molar-refractivity contribution in [3.05, 3.63) is 29.8 Å². The van der Waals surface area contributed by atoms with Crippen LogP contribution >= 0.6 is 0 Å². The summed E-state index contributed by atoms with van der Waals surface area (Å²) in [5, 5.41) is 9.15. The first-order valence-corrected chi connectivity index (χ1v) is 6.59. The van der Waals surface area contributed by atoms with Crippen LogP contribution in [0.15, 0.2) is 24.3 Å². The molecule has 0 heterocycles. The van der Waals surface area contributed by atoms with E-state index in [0.29, 0.717) is 12.5 Å². The number of benzene rings is 1. The summed E-state index contributed by atoms with van der Waals surface area (Å²) >= 11 is 0. The summed E-state index contributed by atoms with van der Waals surface area (Å²) < 4.78 is 10.7. The van der Waals surface area contributed by atoms with Crippen LogP contribution < -0.4 is 10.5 Å². The van der Waals surface area contributed by atoms with Crippen LogP contribution in [0.2, 0.25) is 0 Å². The summed E-state index contributed by atoms with van der Waals surface area (Å²) in [6.07, 6.45) is 2.95. The molecule has 1 atom stereocenters. The summed E-state index contributed by atoms with van der Waals surface area (Å²) in [6, 6.07) is 10.0. The van der Waals surface area contributed by atoms with E-state index in [0.717, 1.165) is 25.0 Å². The average Bonchev–Trinajstić information content (AvgIpc) is 3.28. The molecule has 0 bridgehead atoms. The molecule has 0 aromatic heterocycles. The van der Waals surface area contributed by atoms with E-state index in [1.165, 1.54) is 5.56 Å². The SMILES string of the molecule is COCCc1ccc(OCC(N)(C#N)C2CC2)cc1. The van der Waals surface area contributed by atoms with Gasteiger partial charge in [-0.1, -0.05) is 12.1 Å². The van der Waals surface area contributed by atoms with E-state index in [1.54, 1.807) is 7.11 Å². The largest absolute Gasteiger partial charge is 0.491 e. The van der Waals surface area contributed by atoms with Crippen LogP contribution in [0.3, 0.4) is 0 Å². The van der Waals surface area contributed by atoms with Crippen molar-refractivity contribution in [1.82, 2.24) is 0 Å². The molecule has 102 valence electrons. The predicted molar refractivity (Wildman–Crippen MR) is 72.8 cm³/mol. The van der Waals surface area contributed by atoms with Gasteiger partial charge in [-0.05, 0) is 42.9 Å². The number of rotatable bonds is 7. The Morgan fingerprint density at radius 1 is 1.37 bits per heavy atom. The first kappa shape index (κ1) is 13.9. The maximum atomic E-state index is 9.15. The lowest BCUT2D eigenvalue weighted by Gasteiger charge is -2.21. The standard InChI is InChI=1S/C15H20N2O2/c1-18-9-8-12-2-6-14(7-3-12)19-11-15(17,10-16)13-4-5-13/h2-3,6-7,13H,4-5,8-9,11,17H2,1H3. The third kappa shape index (κ3) is 3.69. The van der Waals surface area contributed by atoms with E-state index in [4.69, 9.17) is 20.5 Å². The molecule has 4 heteroatoms. The molecule has 0 spiro atoms. The van der Waals surface area contributed by atoms with Gasteiger partial charge in [0.1, 0.15) is 17.9 Å². The van der Waals surface area contributed by atoms with Crippen molar-refractivity contribution in [2.45, 2.75) is 24.8 Å². The van der Waals surface area contributed by atoms with Crippen LogP contribution in [-0.2, 0) is 11.2 Å². The summed E-state index contributed by atoms with van der Waals surface area (Å²) in [7, 11) is 1.69. The van der Waals surface area contributed by atoms with Gasteiger partial charge in [-0.25, -0.2) is 0 Å². The van der Waals surface area contributed by atoms with Crippen molar-refractivity contribution < 1.29 is 9.47 Å². The molecule has 1 fully saturated rings. The number of nitrogens with zero attached hydrogens (tertiary/aromatic N) is 1. The molecule has 19 heavy (non-hydrogen) atoms. The van der Waals surface area contributed by atoms with Gasteiger partial charge < -0.3 is 15.2 Å². The zero-order chi connectivity index (χ0) is 13.7. The molecule has 4 nitrogen and oxygen atoms in total. The fourth-order valence-corrected chi connectivity index (χ4v) is 2.01. The molecule has 1 aliphatic carbocycles. The van der Waals surface area contributed by atoms with Gasteiger partial charge in [0.15, 0.2) is 0 Å². The van der Waals surface area contributed by atoms with Crippen LogP contribution in [0.25, 0.3) is 0 Å². The molecular formula is C15H20N2O2. The molecule has 1 aromatic carbocycles. The van der Waals surface area contributed by atoms with E-state index >= 15 is 0 Å². The number of methoxy groups -OCH3 is 1. The van der Waals surface area contributed by atoms with Crippen molar-refractivity contribution in [2.24, 2.45) is 11.7 Å². The van der Waals surface area contributed by atoms with Gasteiger partial charge in [0.25, 0.3) is 0 Å². The molecular weight excluding hydrogens is 240 g/mol. The second-order valence-corrected chi connectivity index (χ2v) is 5.10. The Labute approximate surface area is 114 Å². The Morgan fingerprint density at radius 3 is 2.58 bits per heavy atom. The summed E-state index contributed by atoms with van der Waals surface area (Å²) in [5.74, 6) is 1.05. The Hall–Kier alpha value is -1.57. The third-order valence-corrected chi connectivity index (χ3v) is 3.51. The topological polar surface area (TPSA) is 68.3 Å². The van der Waals surface area contributed by atoms with Crippen molar-refractivity contribution in [3.8, 4) is 11.8 Å². The quantitative estimate of drug-likeness (QED) is 0.812. The van der Waals surface area contributed by atoms with E-state index in [2.05, 4.69) is 6.07 Å². The maximum Gasteiger partial charge on any atom is 0.141 e. The molecule has 1 saturated carbocycles. The van der Waals surface area contributed by atoms with Crippen molar-refractivity contribution in [3.63, 3.8) is 0 Å². The smallest absolute Gasteiger partial charge is 0.141 e. The second kappa shape index (κ2) is 6.05. The van der Waals surface area contributed by atoms with Crippen molar-refractivity contribution in [1.29, 1.82) is 5.26 Å². The van der Waals surface area contributed by atoms with Gasteiger partial charge in [-0.2, -0.15) is 5.26 Å². The lowest BCUT2D eigenvalue weighted by molar-refractivity contribution is 0.202. The monoisotopic (exact) mass is 260 g/mol. The number of hydrogen-bond donors (Lipinski definition) is 1. The summed E-state index contributed by atoms with van der Waals surface area (Å²) in [5.41, 5.74) is 6.41. The van der Waals surface area contributed by atoms with Crippen molar-refractivity contribution >= 4 is 0 Å². The van der Waals surface area contributed by atoms with Gasteiger partial charge in [0.2, 0.25) is 0 Å². The first-order valence-electron chi connectivity index (χ1n) is 6.59. The minimum absolute atomic E-state index is 0.256. The zero-order valence-electron chi connectivity index (χ0n) is 11.3. The molecule has 1 aliphatic rings. The normalized spacial score (nSPS) is 17.5. The molecule has 0 amide bonds.